The summed E-state index contributed by atoms with van der Waals surface area (Å²) in [5.41, 5.74) is 0.791. The van der Waals surface area contributed by atoms with E-state index in [0.29, 0.717) is 15.0 Å². The van der Waals surface area contributed by atoms with Gasteiger partial charge in [-0.15, -0.1) is 0 Å². The molecule has 1 aliphatic heterocycles. The lowest BCUT2D eigenvalue weighted by atomic mass is 10.2. The van der Waals surface area contributed by atoms with Gasteiger partial charge in [0.25, 0.3) is 5.91 Å². The monoisotopic (exact) mass is 384 g/mol. The van der Waals surface area contributed by atoms with Crippen molar-refractivity contribution in [1.82, 2.24) is 4.90 Å². The summed E-state index contributed by atoms with van der Waals surface area (Å²) in [7, 11) is 0. The van der Waals surface area contributed by atoms with Crippen LogP contribution in [-0.4, -0.2) is 27.6 Å². The first kappa shape index (κ1) is 18.2. The number of carbonyl (C=O) groups is 2. The highest BCUT2D eigenvalue weighted by Crippen LogP contribution is 2.33. The fourth-order valence-corrected chi connectivity index (χ4v) is 3.65. The van der Waals surface area contributed by atoms with E-state index in [4.69, 9.17) is 17.0 Å². The van der Waals surface area contributed by atoms with Crippen molar-refractivity contribution in [1.29, 1.82) is 0 Å². The number of ether oxygens (including phenoxy) is 1. The molecule has 5 nitrogen and oxygen atoms in total. The number of hydrogen-bond donors (Lipinski definition) is 0. The zero-order valence-electron chi connectivity index (χ0n) is 13.6. The van der Waals surface area contributed by atoms with Gasteiger partial charge in [0.1, 0.15) is 15.8 Å². The summed E-state index contributed by atoms with van der Waals surface area (Å²) >= 11 is 6.32. The normalized spacial score (nSPS) is 15.5. The molecule has 0 atom stereocenters. The average molecular weight is 384 g/mol. The van der Waals surface area contributed by atoms with Crippen molar-refractivity contribution in [3.8, 4) is 11.5 Å². The van der Waals surface area contributed by atoms with Crippen LogP contribution in [0.15, 0.2) is 59.5 Å². The summed E-state index contributed by atoms with van der Waals surface area (Å²) < 4.78 is 6.13. The molecule has 1 fully saturated rings. The van der Waals surface area contributed by atoms with Crippen molar-refractivity contribution in [2.24, 2.45) is 0 Å². The summed E-state index contributed by atoms with van der Waals surface area (Å²) in [5, 5.41) is 10.6. The van der Waals surface area contributed by atoms with E-state index in [1.807, 2.05) is 54.6 Å². The minimum Gasteiger partial charge on any atom is -0.550 e. The maximum absolute atomic E-state index is 12.4. The van der Waals surface area contributed by atoms with Crippen LogP contribution in [0.2, 0.25) is 0 Å². The van der Waals surface area contributed by atoms with Gasteiger partial charge >= 0.3 is 0 Å². The Morgan fingerprint density at radius 3 is 2.62 bits per heavy atom. The molecule has 1 amide bonds. The van der Waals surface area contributed by atoms with Crippen LogP contribution in [0.1, 0.15) is 12.0 Å². The lowest BCUT2D eigenvalue weighted by Crippen LogP contribution is -2.33. The third-order valence-corrected chi connectivity index (χ3v) is 4.93. The van der Waals surface area contributed by atoms with Crippen LogP contribution in [-0.2, 0) is 9.59 Å². The Balaban J connectivity index is 1.75. The average Bonchev–Trinajstić information content (AvgIpc) is 2.87. The number of carboxylic acid groups (broad SMARTS) is 1. The fraction of sp³-hybridized carbons (Fsp3) is 0.105. The first-order valence-corrected chi connectivity index (χ1v) is 9.03. The molecule has 26 heavy (non-hydrogen) atoms. The number of carboxylic acids is 1. The van der Waals surface area contributed by atoms with Crippen LogP contribution in [0.4, 0.5) is 0 Å². The third kappa shape index (κ3) is 4.50. The zero-order valence-corrected chi connectivity index (χ0v) is 15.2. The SMILES string of the molecule is O=C([O-])CCN1C(=O)/C(=C\c2cccc(Oc3ccccc3)c2)SC1=S. The molecular weight excluding hydrogens is 370 g/mol. The van der Waals surface area contributed by atoms with Crippen LogP contribution < -0.4 is 9.84 Å². The second-order valence-corrected chi connectivity index (χ2v) is 7.12. The molecule has 0 saturated carbocycles. The van der Waals surface area contributed by atoms with Crippen LogP contribution in [0, 0.1) is 0 Å². The molecule has 1 heterocycles. The smallest absolute Gasteiger partial charge is 0.266 e. The molecule has 0 unspecified atom stereocenters. The van der Waals surface area contributed by atoms with Gasteiger partial charge < -0.3 is 14.6 Å². The van der Waals surface area contributed by atoms with Crippen LogP contribution in [0.25, 0.3) is 6.08 Å². The molecule has 1 aliphatic rings. The number of aliphatic carboxylic acids is 1. The van der Waals surface area contributed by atoms with Crippen molar-refractivity contribution < 1.29 is 19.4 Å². The van der Waals surface area contributed by atoms with E-state index in [1.54, 1.807) is 6.08 Å². The quantitative estimate of drug-likeness (QED) is 0.563. The molecule has 2 aromatic carbocycles. The molecule has 2 aromatic rings. The number of amides is 1. The molecule has 0 aromatic heterocycles. The second kappa shape index (κ2) is 8.16. The van der Waals surface area contributed by atoms with Gasteiger partial charge in [-0.3, -0.25) is 9.69 Å². The number of thiocarbonyl (C=S) groups is 1. The number of hydrogen-bond acceptors (Lipinski definition) is 6. The minimum absolute atomic E-state index is 0.0154. The first-order chi connectivity index (χ1) is 12.5. The Bertz CT molecular complexity index is 880. The first-order valence-electron chi connectivity index (χ1n) is 7.81. The van der Waals surface area contributed by atoms with Gasteiger partial charge in [-0.2, -0.15) is 0 Å². The van der Waals surface area contributed by atoms with Gasteiger partial charge in [0.2, 0.25) is 0 Å². The Kier molecular flexibility index (Phi) is 5.70. The van der Waals surface area contributed by atoms with Gasteiger partial charge in [0.15, 0.2) is 0 Å². The molecule has 1 saturated heterocycles. The maximum atomic E-state index is 12.4. The molecule has 7 heteroatoms. The molecule has 0 N–H and O–H groups in total. The maximum Gasteiger partial charge on any atom is 0.266 e. The predicted molar refractivity (Wildman–Crippen MR) is 102 cm³/mol. The Morgan fingerprint density at radius 2 is 1.88 bits per heavy atom. The number of para-hydroxylation sites is 1. The number of rotatable bonds is 6. The number of nitrogens with zero attached hydrogens (tertiary/aromatic N) is 1. The van der Waals surface area contributed by atoms with E-state index in [2.05, 4.69) is 0 Å². The van der Waals surface area contributed by atoms with Gasteiger partial charge in [-0.05, 0) is 35.9 Å². The van der Waals surface area contributed by atoms with Crippen molar-refractivity contribution in [2.45, 2.75) is 6.42 Å². The van der Waals surface area contributed by atoms with Gasteiger partial charge in [0, 0.05) is 18.9 Å². The lowest BCUT2D eigenvalue weighted by molar-refractivity contribution is -0.305. The zero-order chi connectivity index (χ0) is 18.5. The molecule has 132 valence electrons. The Hall–Kier alpha value is -2.64. The van der Waals surface area contributed by atoms with E-state index in [9.17, 15) is 14.7 Å². The standard InChI is InChI=1S/C19H15NO4S2/c21-17(22)9-10-20-18(23)16(26-19(20)25)12-13-5-4-8-15(11-13)24-14-6-2-1-3-7-14/h1-8,11-12H,9-10H2,(H,21,22)/p-1/b16-12+. The Morgan fingerprint density at radius 1 is 1.15 bits per heavy atom. The summed E-state index contributed by atoms with van der Waals surface area (Å²) in [5.74, 6) is -0.139. The largest absolute Gasteiger partial charge is 0.550 e. The number of benzene rings is 2. The van der Waals surface area contributed by atoms with Gasteiger partial charge in [-0.25, -0.2) is 0 Å². The van der Waals surface area contributed by atoms with Crippen molar-refractivity contribution in [3.63, 3.8) is 0 Å². The highest BCUT2D eigenvalue weighted by Gasteiger charge is 2.31. The predicted octanol–water partition coefficient (Wildman–Crippen LogP) is 2.82. The third-order valence-electron chi connectivity index (χ3n) is 3.55. The highest BCUT2D eigenvalue weighted by atomic mass is 32.2. The van der Waals surface area contributed by atoms with E-state index < -0.39 is 5.97 Å². The van der Waals surface area contributed by atoms with E-state index >= 15 is 0 Å². The van der Waals surface area contributed by atoms with Crippen molar-refractivity contribution in [2.75, 3.05) is 6.54 Å². The topological polar surface area (TPSA) is 69.7 Å². The lowest BCUT2D eigenvalue weighted by Gasteiger charge is -2.14. The summed E-state index contributed by atoms with van der Waals surface area (Å²) in [6, 6.07) is 16.7. The second-order valence-electron chi connectivity index (χ2n) is 5.44. The molecular formula is C19H14NO4S2-. The van der Waals surface area contributed by atoms with Gasteiger partial charge in [-0.1, -0.05) is 54.3 Å². The molecule has 3 rings (SSSR count). The van der Waals surface area contributed by atoms with Crippen LogP contribution in [0.3, 0.4) is 0 Å². The van der Waals surface area contributed by atoms with E-state index in [1.165, 1.54) is 4.90 Å². The number of thioether (sulfide) groups is 1. The fourth-order valence-electron chi connectivity index (χ4n) is 2.34. The Labute approximate surface area is 160 Å². The van der Waals surface area contributed by atoms with Crippen molar-refractivity contribution in [3.05, 3.63) is 65.1 Å². The van der Waals surface area contributed by atoms with E-state index in [-0.39, 0.29) is 18.9 Å². The molecule has 0 bridgehead atoms. The summed E-state index contributed by atoms with van der Waals surface area (Å²) in [6.07, 6.45) is 1.47. The number of carbonyl (C=O) groups excluding carboxylic acids is 2. The molecule has 0 aliphatic carbocycles. The van der Waals surface area contributed by atoms with Crippen LogP contribution in [0.5, 0.6) is 11.5 Å². The molecule has 0 spiro atoms. The summed E-state index contributed by atoms with van der Waals surface area (Å²) in [6.45, 7) is 0.0154. The van der Waals surface area contributed by atoms with E-state index in [0.717, 1.165) is 23.1 Å². The van der Waals surface area contributed by atoms with Crippen LogP contribution >= 0.6 is 24.0 Å². The van der Waals surface area contributed by atoms with Gasteiger partial charge in [0.05, 0.1) is 4.91 Å². The summed E-state index contributed by atoms with van der Waals surface area (Å²) in [4.78, 5) is 24.7. The minimum atomic E-state index is -1.21. The van der Waals surface area contributed by atoms with Crippen molar-refractivity contribution >= 4 is 46.3 Å². The molecule has 0 radical (unpaired) electrons. The highest BCUT2D eigenvalue weighted by molar-refractivity contribution is 8.26.